The number of hydrogen-bond acceptors (Lipinski definition) is 3. The zero-order valence-corrected chi connectivity index (χ0v) is 13.8. The number of anilines is 1. The number of nitrogens with one attached hydrogen (secondary N) is 3. The summed E-state index contributed by atoms with van der Waals surface area (Å²) in [6.45, 7) is 2.35. The van der Waals surface area contributed by atoms with Crippen LogP contribution in [-0.4, -0.2) is 25.1 Å². The van der Waals surface area contributed by atoms with Crippen LogP contribution in [0.5, 0.6) is 5.75 Å². The Balaban J connectivity index is 1.66. The first-order valence-electron chi connectivity index (χ1n) is 7.79. The number of amides is 3. The van der Waals surface area contributed by atoms with Crippen molar-refractivity contribution in [1.29, 1.82) is 0 Å². The highest BCUT2D eigenvalue weighted by atomic mass is 19.1. The summed E-state index contributed by atoms with van der Waals surface area (Å²) in [5, 5.41) is 8.00. The first-order chi connectivity index (χ1) is 12.0. The highest BCUT2D eigenvalue weighted by Gasteiger charge is 2.02. The van der Waals surface area contributed by atoms with Crippen molar-refractivity contribution in [3.8, 4) is 5.75 Å². The quantitative estimate of drug-likeness (QED) is 0.675. The van der Waals surface area contributed by atoms with E-state index in [1.165, 1.54) is 19.1 Å². The van der Waals surface area contributed by atoms with Gasteiger partial charge in [-0.05, 0) is 29.8 Å². The summed E-state index contributed by atoms with van der Waals surface area (Å²) >= 11 is 0. The maximum atomic E-state index is 12.8. The van der Waals surface area contributed by atoms with Gasteiger partial charge in [-0.2, -0.15) is 0 Å². The van der Waals surface area contributed by atoms with Gasteiger partial charge in [0.1, 0.15) is 18.2 Å². The molecular weight excluding hydrogens is 325 g/mol. The fourth-order valence-corrected chi connectivity index (χ4v) is 2.05. The van der Waals surface area contributed by atoms with E-state index in [-0.39, 0.29) is 24.4 Å². The minimum Gasteiger partial charge on any atom is -0.492 e. The lowest BCUT2D eigenvalue weighted by molar-refractivity contribution is -0.114. The van der Waals surface area contributed by atoms with E-state index in [1.54, 1.807) is 36.4 Å². The van der Waals surface area contributed by atoms with E-state index in [1.807, 2.05) is 0 Å². The van der Waals surface area contributed by atoms with Gasteiger partial charge in [0, 0.05) is 25.2 Å². The van der Waals surface area contributed by atoms with Gasteiger partial charge < -0.3 is 20.7 Å². The van der Waals surface area contributed by atoms with E-state index in [4.69, 9.17) is 4.74 Å². The number of rotatable bonds is 7. The monoisotopic (exact) mass is 345 g/mol. The third-order valence-electron chi connectivity index (χ3n) is 3.18. The first kappa shape index (κ1) is 18.3. The van der Waals surface area contributed by atoms with Gasteiger partial charge in [-0.25, -0.2) is 9.18 Å². The molecule has 0 radical (unpaired) electrons. The molecule has 0 fully saturated rings. The minimum atomic E-state index is -0.333. The molecule has 7 heteroatoms. The van der Waals surface area contributed by atoms with Gasteiger partial charge in [0.15, 0.2) is 0 Å². The van der Waals surface area contributed by atoms with Crippen LogP contribution in [0.15, 0.2) is 48.5 Å². The molecular formula is C18H20FN3O3. The van der Waals surface area contributed by atoms with Gasteiger partial charge in [0.25, 0.3) is 0 Å². The molecule has 0 bridgehead atoms. The molecule has 3 amide bonds. The normalized spacial score (nSPS) is 10.0. The van der Waals surface area contributed by atoms with Gasteiger partial charge in [-0.15, -0.1) is 0 Å². The summed E-state index contributed by atoms with van der Waals surface area (Å²) in [5.74, 6) is 0.129. The van der Waals surface area contributed by atoms with Crippen LogP contribution >= 0.6 is 0 Å². The van der Waals surface area contributed by atoms with Gasteiger partial charge >= 0.3 is 6.03 Å². The molecule has 0 spiro atoms. The fraction of sp³-hybridized carbons (Fsp3) is 0.222. The van der Waals surface area contributed by atoms with E-state index in [0.29, 0.717) is 24.5 Å². The highest BCUT2D eigenvalue weighted by Crippen LogP contribution is 2.16. The Morgan fingerprint density at radius 3 is 2.56 bits per heavy atom. The number of carbonyl (C=O) groups excluding carboxylic acids is 2. The lowest BCUT2D eigenvalue weighted by Crippen LogP contribution is -2.37. The van der Waals surface area contributed by atoms with E-state index >= 15 is 0 Å². The predicted octanol–water partition coefficient (Wildman–Crippen LogP) is 2.66. The molecule has 132 valence electrons. The van der Waals surface area contributed by atoms with Gasteiger partial charge in [0.05, 0.1) is 6.54 Å². The van der Waals surface area contributed by atoms with Crippen LogP contribution < -0.4 is 20.7 Å². The smallest absolute Gasteiger partial charge is 0.315 e. The molecule has 0 atom stereocenters. The number of benzene rings is 2. The van der Waals surface area contributed by atoms with Crippen LogP contribution in [0, 0.1) is 5.82 Å². The Morgan fingerprint density at radius 1 is 1.08 bits per heavy atom. The van der Waals surface area contributed by atoms with Crippen LogP contribution in [0.25, 0.3) is 0 Å². The summed E-state index contributed by atoms with van der Waals surface area (Å²) < 4.78 is 18.3. The predicted molar refractivity (Wildman–Crippen MR) is 92.9 cm³/mol. The van der Waals surface area contributed by atoms with Crippen molar-refractivity contribution < 1.29 is 18.7 Å². The summed E-state index contributed by atoms with van der Waals surface area (Å²) in [6.07, 6.45) is 0. The third-order valence-corrected chi connectivity index (χ3v) is 3.18. The number of carbonyl (C=O) groups is 2. The van der Waals surface area contributed by atoms with E-state index in [0.717, 1.165) is 5.56 Å². The van der Waals surface area contributed by atoms with Crippen LogP contribution in [0.3, 0.4) is 0 Å². The number of halogens is 1. The van der Waals surface area contributed by atoms with E-state index < -0.39 is 0 Å². The maximum Gasteiger partial charge on any atom is 0.315 e. The van der Waals surface area contributed by atoms with Crippen LogP contribution in [0.1, 0.15) is 12.5 Å². The van der Waals surface area contributed by atoms with Crippen molar-refractivity contribution in [1.82, 2.24) is 10.6 Å². The topological polar surface area (TPSA) is 79.5 Å². The minimum absolute atomic E-state index is 0.156. The molecule has 0 heterocycles. The molecule has 0 saturated heterocycles. The molecule has 2 aromatic rings. The van der Waals surface area contributed by atoms with Crippen molar-refractivity contribution in [2.75, 3.05) is 18.5 Å². The zero-order valence-electron chi connectivity index (χ0n) is 13.8. The Labute approximate surface area is 145 Å². The molecule has 2 rings (SSSR count). The summed E-state index contributed by atoms with van der Waals surface area (Å²) in [4.78, 5) is 22.7. The Bertz CT molecular complexity index is 720. The first-order valence-corrected chi connectivity index (χ1v) is 7.79. The summed E-state index contributed by atoms with van der Waals surface area (Å²) in [6, 6.07) is 12.6. The lowest BCUT2D eigenvalue weighted by atomic mass is 10.2. The number of hydrogen-bond donors (Lipinski definition) is 3. The fourth-order valence-electron chi connectivity index (χ4n) is 2.05. The second-order valence-electron chi connectivity index (χ2n) is 5.29. The average Bonchev–Trinajstić information content (AvgIpc) is 2.58. The number of urea groups is 1. The molecule has 3 N–H and O–H groups in total. The summed E-state index contributed by atoms with van der Waals surface area (Å²) in [7, 11) is 0. The number of ether oxygens (including phenoxy) is 1. The molecule has 0 aliphatic carbocycles. The zero-order chi connectivity index (χ0) is 18.1. The van der Waals surface area contributed by atoms with E-state index in [2.05, 4.69) is 16.0 Å². The Hall–Kier alpha value is -3.09. The van der Waals surface area contributed by atoms with Crippen LogP contribution in [0.4, 0.5) is 14.9 Å². The van der Waals surface area contributed by atoms with Crippen molar-refractivity contribution in [3.05, 3.63) is 59.9 Å². The largest absolute Gasteiger partial charge is 0.492 e. The third kappa shape index (κ3) is 6.90. The second kappa shape index (κ2) is 9.27. The lowest BCUT2D eigenvalue weighted by Gasteiger charge is -2.10. The summed E-state index contributed by atoms with van der Waals surface area (Å²) in [5.41, 5.74) is 1.46. The van der Waals surface area contributed by atoms with Crippen molar-refractivity contribution in [2.45, 2.75) is 13.5 Å². The van der Waals surface area contributed by atoms with Crippen molar-refractivity contribution >= 4 is 17.6 Å². The van der Waals surface area contributed by atoms with Crippen LogP contribution in [0.2, 0.25) is 0 Å². The molecule has 0 aliphatic heterocycles. The average molecular weight is 345 g/mol. The molecule has 0 unspecified atom stereocenters. The van der Waals surface area contributed by atoms with Gasteiger partial charge in [0.2, 0.25) is 5.91 Å². The van der Waals surface area contributed by atoms with Gasteiger partial charge in [-0.1, -0.05) is 18.2 Å². The maximum absolute atomic E-state index is 12.8. The molecule has 0 saturated carbocycles. The Morgan fingerprint density at radius 2 is 1.84 bits per heavy atom. The van der Waals surface area contributed by atoms with Gasteiger partial charge in [-0.3, -0.25) is 4.79 Å². The SMILES string of the molecule is CC(=O)Nc1cccc(OCCNC(=O)NCc2ccc(F)cc2)c1. The van der Waals surface area contributed by atoms with E-state index in [9.17, 15) is 14.0 Å². The van der Waals surface area contributed by atoms with Crippen molar-refractivity contribution in [2.24, 2.45) is 0 Å². The molecule has 25 heavy (non-hydrogen) atoms. The molecule has 6 nitrogen and oxygen atoms in total. The van der Waals surface area contributed by atoms with Crippen LogP contribution in [-0.2, 0) is 11.3 Å². The standard InChI is InChI=1S/C18H20FN3O3/c1-13(23)22-16-3-2-4-17(11-16)25-10-9-20-18(24)21-12-14-5-7-15(19)8-6-14/h2-8,11H,9-10,12H2,1H3,(H,22,23)(H2,20,21,24). The van der Waals surface area contributed by atoms with Crippen molar-refractivity contribution in [3.63, 3.8) is 0 Å². The Kier molecular flexibility index (Phi) is 6.76. The second-order valence-corrected chi connectivity index (χ2v) is 5.29. The highest BCUT2D eigenvalue weighted by molar-refractivity contribution is 5.88. The molecule has 0 aromatic heterocycles. The molecule has 2 aromatic carbocycles. The molecule has 0 aliphatic rings.